The van der Waals surface area contributed by atoms with Crippen molar-refractivity contribution in [2.24, 2.45) is 47.2 Å². The number of nitrogens with one attached hydrogen (secondary N) is 1. The Hall–Kier alpha value is -2.84. The van der Waals surface area contributed by atoms with Crippen LogP contribution in [-0.4, -0.2) is 12.1 Å². The fourth-order valence-electron chi connectivity index (χ4n) is 11.0. The zero-order valence-electron chi connectivity index (χ0n) is 29.3. The van der Waals surface area contributed by atoms with Crippen molar-refractivity contribution < 1.29 is 0 Å². The van der Waals surface area contributed by atoms with Gasteiger partial charge in [-0.2, -0.15) is 0 Å². The first-order valence-electron chi connectivity index (χ1n) is 19.4. The predicted molar refractivity (Wildman–Crippen MR) is 201 cm³/mol. The lowest BCUT2D eigenvalue weighted by atomic mass is 9.67. The lowest BCUT2D eigenvalue weighted by Crippen LogP contribution is -2.49. The van der Waals surface area contributed by atoms with Crippen LogP contribution in [0.3, 0.4) is 0 Å². The van der Waals surface area contributed by atoms with Crippen LogP contribution < -0.4 is 21.5 Å². The van der Waals surface area contributed by atoms with Gasteiger partial charge in [-0.25, -0.2) is 0 Å². The molecule has 0 aliphatic heterocycles. The first-order valence-corrected chi connectivity index (χ1v) is 19.4. The molecule has 3 N–H and O–H groups in total. The summed E-state index contributed by atoms with van der Waals surface area (Å²) in [6, 6.07) is 10.5. The number of hydrogen-bond donors (Lipinski definition) is 2. The number of hydrogen-bond acceptors (Lipinski definition) is 2. The number of rotatable bonds is 10. The van der Waals surface area contributed by atoms with Crippen molar-refractivity contribution in [3.8, 4) is 0 Å². The van der Waals surface area contributed by atoms with Crippen LogP contribution in [0.2, 0.25) is 0 Å². The van der Waals surface area contributed by atoms with Gasteiger partial charge in [-0.05, 0) is 141 Å². The van der Waals surface area contributed by atoms with E-state index in [4.69, 9.17) is 5.73 Å². The van der Waals surface area contributed by atoms with Gasteiger partial charge in [0.15, 0.2) is 0 Å². The Morgan fingerprint density at radius 3 is 2.62 bits per heavy atom. The van der Waals surface area contributed by atoms with Crippen molar-refractivity contribution in [3.63, 3.8) is 0 Å². The smallest absolute Gasteiger partial charge is 0.0283 e. The molecule has 9 atom stereocenters. The minimum absolute atomic E-state index is 0.414. The van der Waals surface area contributed by atoms with Crippen LogP contribution >= 0.6 is 0 Å². The third kappa shape index (κ3) is 6.61. The second kappa shape index (κ2) is 14.7. The van der Waals surface area contributed by atoms with E-state index in [1.807, 2.05) is 6.08 Å². The molecule has 0 heterocycles. The van der Waals surface area contributed by atoms with Crippen LogP contribution in [0.5, 0.6) is 0 Å². The lowest BCUT2D eigenvalue weighted by molar-refractivity contribution is 0.179. The topological polar surface area (TPSA) is 38.0 Å². The van der Waals surface area contributed by atoms with E-state index >= 15 is 0 Å². The summed E-state index contributed by atoms with van der Waals surface area (Å²) in [6.07, 6.45) is 36.6. The summed E-state index contributed by atoms with van der Waals surface area (Å²) in [5.74, 6) is 4.40. The average molecular weight is 629 g/mol. The van der Waals surface area contributed by atoms with E-state index < -0.39 is 0 Å². The van der Waals surface area contributed by atoms with Crippen LogP contribution in [0, 0.1) is 41.4 Å². The highest BCUT2D eigenvalue weighted by atomic mass is 15.0. The van der Waals surface area contributed by atoms with E-state index in [2.05, 4.69) is 86.5 Å². The molecule has 250 valence electrons. The molecular formula is C45H60N2. The van der Waals surface area contributed by atoms with Crippen LogP contribution in [0.4, 0.5) is 0 Å². The zero-order valence-corrected chi connectivity index (χ0v) is 29.3. The Labute approximate surface area is 285 Å². The largest absolute Gasteiger partial charge is 0.404 e. The summed E-state index contributed by atoms with van der Waals surface area (Å²) in [5.41, 5.74) is 14.0. The zero-order chi connectivity index (χ0) is 32.3. The minimum Gasteiger partial charge on any atom is -0.404 e. The SMILES string of the molecule is C=C/C(=C\N)C1CCC(C(C)CCC(C2=c3ccccc3=C3CCCCC3C2)C(C)NC2C=CCC3CCCCC32)=C2C=CC=CC21. The molecule has 6 aliphatic rings. The number of benzene rings is 1. The van der Waals surface area contributed by atoms with Gasteiger partial charge in [0, 0.05) is 18.0 Å². The first kappa shape index (κ1) is 32.7. The second-order valence-corrected chi connectivity index (χ2v) is 15.9. The molecule has 0 saturated heterocycles. The molecule has 0 radical (unpaired) electrons. The maximum absolute atomic E-state index is 6.08. The summed E-state index contributed by atoms with van der Waals surface area (Å²) in [6.45, 7) is 9.16. The van der Waals surface area contributed by atoms with Crippen molar-refractivity contribution in [3.05, 3.63) is 107 Å². The number of allylic oxidation sites excluding steroid dienone is 9. The Kier molecular flexibility index (Phi) is 10.2. The number of fused-ring (bicyclic) bond motifs is 4. The van der Waals surface area contributed by atoms with Gasteiger partial charge in [-0.3, -0.25) is 0 Å². The first-order chi connectivity index (χ1) is 23.1. The van der Waals surface area contributed by atoms with Gasteiger partial charge in [0.1, 0.15) is 0 Å². The van der Waals surface area contributed by atoms with E-state index in [-0.39, 0.29) is 0 Å². The highest BCUT2D eigenvalue weighted by Gasteiger charge is 2.37. The molecule has 0 spiro atoms. The van der Waals surface area contributed by atoms with Crippen LogP contribution in [-0.2, 0) is 0 Å². The molecular weight excluding hydrogens is 569 g/mol. The minimum atomic E-state index is 0.414. The normalized spacial score (nSPS) is 32.2. The quantitative estimate of drug-likeness (QED) is 0.200. The van der Waals surface area contributed by atoms with E-state index in [1.54, 1.807) is 38.9 Å². The summed E-state index contributed by atoms with van der Waals surface area (Å²) in [7, 11) is 0. The molecule has 6 aliphatic carbocycles. The fraction of sp³-hybridized carbons (Fsp3) is 0.556. The molecule has 7 rings (SSSR count). The molecule has 9 unspecified atom stereocenters. The Bertz CT molecular complexity index is 1580. The summed E-state index contributed by atoms with van der Waals surface area (Å²) in [4.78, 5) is 0. The summed E-state index contributed by atoms with van der Waals surface area (Å²) >= 11 is 0. The van der Waals surface area contributed by atoms with Crippen molar-refractivity contribution in [2.45, 2.75) is 116 Å². The van der Waals surface area contributed by atoms with E-state index in [1.165, 1.54) is 82.6 Å². The Morgan fingerprint density at radius 1 is 0.936 bits per heavy atom. The standard InChI is InChI=1S/C45H60N2/c1-4-32(29-46)38-27-26-35(40-19-9-10-21-42(38)40)30(2)24-25-36(31(3)47-45-23-13-16-33-14-5-8-18-39(33)45)44-28-34-15-6-7-17-37(34)41-20-11-12-22-43(41)44/h4,9-13,19-23,29-31,33-34,36,38-39,42,45,47H,1,5-8,14-18,24-28,46H2,2-3H3/b32-29+. The van der Waals surface area contributed by atoms with Gasteiger partial charge in [0.2, 0.25) is 0 Å². The van der Waals surface area contributed by atoms with Gasteiger partial charge in [-0.1, -0.05) is 116 Å². The maximum atomic E-state index is 6.08. The lowest BCUT2D eigenvalue weighted by Gasteiger charge is -2.42. The van der Waals surface area contributed by atoms with Crippen molar-refractivity contribution in [1.29, 1.82) is 0 Å². The molecule has 2 nitrogen and oxygen atoms in total. The van der Waals surface area contributed by atoms with Crippen LogP contribution in [0.1, 0.15) is 104 Å². The molecule has 0 bridgehead atoms. The van der Waals surface area contributed by atoms with Crippen molar-refractivity contribution in [2.75, 3.05) is 0 Å². The molecule has 1 aromatic carbocycles. The van der Waals surface area contributed by atoms with Crippen molar-refractivity contribution in [1.82, 2.24) is 5.32 Å². The van der Waals surface area contributed by atoms with Crippen molar-refractivity contribution >= 4 is 11.1 Å². The Balaban J connectivity index is 1.20. The average Bonchev–Trinajstić information content (AvgIpc) is 3.12. The predicted octanol–water partition coefficient (Wildman–Crippen LogP) is 9.20. The van der Waals surface area contributed by atoms with E-state index in [9.17, 15) is 0 Å². The van der Waals surface area contributed by atoms with Gasteiger partial charge in [0.25, 0.3) is 0 Å². The monoisotopic (exact) mass is 628 g/mol. The second-order valence-electron chi connectivity index (χ2n) is 15.9. The molecule has 2 saturated carbocycles. The molecule has 47 heavy (non-hydrogen) atoms. The van der Waals surface area contributed by atoms with E-state index in [0.29, 0.717) is 35.8 Å². The fourth-order valence-corrected chi connectivity index (χ4v) is 11.0. The van der Waals surface area contributed by atoms with E-state index in [0.717, 1.165) is 30.6 Å². The third-order valence-electron chi connectivity index (χ3n) is 13.5. The molecule has 2 fully saturated rings. The van der Waals surface area contributed by atoms with Gasteiger partial charge >= 0.3 is 0 Å². The molecule has 0 aromatic heterocycles. The Morgan fingerprint density at radius 2 is 1.77 bits per heavy atom. The third-order valence-corrected chi connectivity index (χ3v) is 13.5. The van der Waals surface area contributed by atoms with Gasteiger partial charge < -0.3 is 11.1 Å². The molecule has 0 amide bonds. The number of nitrogens with two attached hydrogens (primary N) is 1. The summed E-state index contributed by atoms with van der Waals surface area (Å²) in [5, 5.41) is 7.49. The summed E-state index contributed by atoms with van der Waals surface area (Å²) < 4.78 is 0. The molecule has 2 heteroatoms. The maximum Gasteiger partial charge on any atom is 0.0283 e. The highest BCUT2D eigenvalue weighted by Crippen LogP contribution is 2.46. The van der Waals surface area contributed by atoms with Gasteiger partial charge in [-0.15, -0.1) is 0 Å². The van der Waals surface area contributed by atoms with Gasteiger partial charge in [0.05, 0.1) is 0 Å². The van der Waals surface area contributed by atoms with Crippen LogP contribution in [0.15, 0.2) is 96.3 Å². The highest BCUT2D eigenvalue weighted by molar-refractivity contribution is 5.62. The molecule has 1 aromatic rings. The van der Waals surface area contributed by atoms with Crippen LogP contribution in [0.25, 0.3) is 11.1 Å².